The van der Waals surface area contributed by atoms with Crippen LogP contribution in [0, 0.1) is 30.3 Å². The number of aliphatic carboxylic acids is 1. The lowest BCUT2D eigenvalue weighted by atomic mass is 10.2. The monoisotopic (exact) mass is 939 g/mol. The second-order valence-electron chi connectivity index (χ2n) is 14.0. The average Bonchev–Trinajstić information content (AvgIpc) is 3.25. The molecule has 0 saturated carbocycles. The molecular weight excluding hydrogens is 903 g/mol. The zero-order chi connectivity index (χ0) is 46.4. The molecule has 3 aromatic carbocycles. The molecule has 0 radical (unpaired) electrons. The van der Waals surface area contributed by atoms with E-state index in [9.17, 15) is 65.5 Å². The van der Waals surface area contributed by atoms with Crippen LogP contribution in [0.25, 0.3) is 0 Å². The van der Waals surface area contributed by atoms with E-state index < -0.39 is 141 Å². The molecule has 1 aliphatic rings. The Labute approximate surface area is 365 Å². The van der Waals surface area contributed by atoms with Crippen molar-refractivity contribution in [2.24, 2.45) is 0 Å². The quantitative estimate of drug-likeness (QED) is 0.147. The number of benzene rings is 3. The van der Waals surface area contributed by atoms with E-state index in [-0.39, 0.29) is 22.8 Å². The molecule has 0 amide bonds. The van der Waals surface area contributed by atoms with E-state index in [2.05, 4.69) is 9.97 Å². The van der Waals surface area contributed by atoms with Gasteiger partial charge in [-0.3, -0.25) is 50.0 Å². The second kappa shape index (κ2) is 19.4. The minimum Gasteiger partial charge on any atom is -0.480 e. The molecule has 1 aliphatic heterocycles. The number of hydrogen-bond donors (Lipinski definition) is 1. The molecule has 0 saturated heterocycles. The topological polar surface area (TPSA) is 308 Å². The highest BCUT2D eigenvalue weighted by Crippen LogP contribution is 2.31. The van der Waals surface area contributed by atoms with Gasteiger partial charge in [0.2, 0.25) is 20.0 Å². The van der Waals surface area contributed by atoms with Crippen molar-refractivity contribution in [2.45, 2.75) is 40.9 Å². The number of pyridine rings is 2. The summed E-state index contributed by atoms with van der Waals surface area (Å²) in [5.74, 6) is -1.38. The first-order valence-electron chi connectivity index (χ1n) is 18.8. The molecule has 6 rings (SSSR count). The molecule has 23 nitrogen and oxygen atoms in total. The molecule has 0 aliphatic carbocycles. The summed E-state index contributed by atoms with van der Waals surface area (Å²) in [5, 5.41) is 45.9. The number of para-hydroxylation sites is 3. The minimum absolute atomic E-state index is 0.00967. The van der Waals surface area contributed by atoms with E-state index in [0.29, 0.717) is 0 Å². The number of nitrogens with zero attached hydrogens (tertiary/aromatic N) is 9. The van der Waals surface area contributed by atoms with E-state index in [1.807, 2.05) is 0 Å². The van der Waals surface area contributed by atoms with E-state index in [1.165, 1.54) is 77.7 Å². The second-order valence-corrected chi connectivity index (χ2v) is 19.8. The number of carboxylic acid groups (broad SMARTS) is 1. The van der Waals surface area contributed by atoms with Crippen LogP contribution in [0.5, 0.6) is 0 Å². The van der Waals surface area contributed by atoms with Gasteiger partial charge in [-0.2, -0.15) is 12.9 Å². The van der Waals surface area contributed by atoms with Crippen LogP contribution in [0.4, 0.5) is 17.1 Å². The Morgan fingerprint density at radius 3 is 1.09 bits per heavy atom. The van der Waals surface area contributed by atoms with Gasteiger partial charge in [0.15, 0.2) is 14.7 Å². The molecule has 2 aromatic heterocycles. The van der Waals surface area contributed by atoms with Crippen LogP contribution < -0.4 is 0 Å². The van der Waals surface area contributed by atoms with Crippen LogP contribution >= 0.6 is 0 Å². The number of carbonyl (C=O) groups is 1. The first kappa shape index (κ1) is 46.8. The van der Waals surface area contributed by atoms with Crippen LogP contribution in [-0.2, 0) is 61.0 Å². The largest absolute Gasteiger partial charge is 0.480 e. The highest BCUT2D eigenvalue weighted by molar-refractivity contribution is 7.89. The fourth-order valence-electron chi connectivity index (χ4n) is 6.79. The molecule has 0 fully saturated rings. The van der Waals surface area contributed by atoms with Gasteiger partial charge in [-0.25, -0.2) is 25.3 Å². The van der Waals surface area contributed by atoms with E-state index in [1.54, 1.807) is 0 Å². The number of nitro benzene ring substituents is 3. The Balaban J connectivity index is 1.53. The fraction of sp³-hybridized carbons (Fsp3) is 0.237. The van der Waals surface area contributed by atoms with E-state index in [0.717, 1.165) is 49.3 Å². The highest BCUT2D eigenvalue weighted by Gasteiger charge is 2.36. The minimum atomic E-state index is -4.82. The van der Waals surface area contributed by atoms with Gasteiger partial charge in [0.25, 0.3) is 27.1 Å². The highest BCUT2D eigenvalue weighted by atomic mass is 32.2. The Morgan fingerprint density at radius 2 is 0.781 bits per heavy atom. The SMILES string of the molecule is O=C(O)CN1CCN(S(=O)(=O)c2ccccc2[N+](=O)[O-])Cc2cccc(n2)CN(S(=O)(=O)c2ccccc2[N+](=O)[O-])Cc2cccc(n2)CN(S(=O)(=O)c2ccccc2[N+](=O)[O-])CC1. The lowest BCUT2D eigenvalue weighted by Crippen LogP contribution is -2.44. The van der Waals surface area contributed by atoms with E-state index in [4.69, 9.17) is 0 Å². The molecule has 0 unspecified atom stereocenters. The predicted molar refractivity (Wildman–Crippen MR) is 223 cm³/mol. The summed E-state index contributed by atoms with van der Waals surface area (Å²) in [4.78, 5) is 53.7. The third-order valence-corrected chi connectivity index (χ3v) is 15.4. The lowest BCUT2D eigenvalue weighted by Gasteiger charge is -2.29. The maximum absolute atomic E-state index is 14.4. The van der Waals surface area contributed by atoms with Gasteiger partial charge in [0.05, 0.1) is 70.3 Å². The van der Waals surface area contributed by atoms with Crippen LogP contribution in [-0.4, -0.2) is 112 Å². The Hall–Kier alpha value is -6.68. The number of fused-ring (bicyclic) bond motifs is 4. The van der Waals surface area contributed by atoms with Crippen molar-refractivity contribution in [1.82, 2.24) is 27.8 Å². The number of aromatic nitrogens is 2. The van der Waals surface area contributed by atoms with Crippen molar-refractivity contribution in [3.63, 3.8) is 0 Å². The van der Waals surface area contributed by atoms with Gasteiger partial charge >= 0.3 is 5.97 Å². The smallest absolute Gasteiger partial charge is 0.317 e. The van der Waals surface area contributed by atoms with Crippen molar-refractivity contribution in [3.8, 4) is 0 Å². The molecule has 5 aromatic rings. The summed E-state index contributed by atoms with van der Waals surface area (Å²) in [5.41, 5.74) is -2.22. The lowest BCUT2D eigenvalue weighted by molar-refractivity contribution is -0.388. The van der Waals surface area contributed by atoms with Crippen molar-refractivity contribution in [3.05, 3.63) is 162 Å². The first-order chi connectivity index (χ1) is 30.3. The van der Waals surface area contributed by atoms with Gasteiger partial charge in [-0.15, -0.1) is 0 Å². The summed E-state index contributed by atoms with van der Waals surface area (Å²) in [6.07, 6.45) is 0. The van der Waals surface area contributed by atoms with Gasteiger partial charge in [0, 0.05) is 44.4 Å². The molecule has 336 valence electrons. The maximum atomic E-state index is 14.4. The van der Waals surface area contributed by atoms with Crippen LogP contribution in [0.1, 0.15) is 22.8 Å². The third kappa shape index (κ3) is 10.6. The molecule has 64 heavy (non-hydrogen) atoms. The normalized spacial score (nSPS) is 15.7. The number of rotatable bonds is 11. The first-order valence-corrected chi connectivity index (χ1v) is 23.2. The Morgan fingerprint density at radius 1 is 0.484 bits per heavy atom. The van der Waals surface area contributed by atoms with Gasteiger partial charge in [0.1, 0.15) is 0 Å². The van der Waals surface area contributed by atoms with Crippen LogP contribution in [0.15, 0.2) is 124 Å². The number of sulfonamides is 3. The zero-order valence-electron chi connectivity index (χ0n) is 33.3. The van der Waals surface area contributed by atoms with Crippen molar-refractivity contribution < 1.29 is 49.9 Å². The number of hydrogen-bond acceptors (Lipinski definition) is 16. The van der Waals surface area contributed by atoms with Crippen LogP contribution in [0.2, 0.25) is 0 Å². The summed E-state index contributed by atoms with van der Waals surface area (Å²) < 4.78 is 88.8. The fourth-order valence-corrected chi connectivity index (χ4v) is 11.5. The maximum Gasteiger partial charge on any atom is 0.317 e. The van der Waals surface area contributed by atoms with Crippen molar-refractivity contribution >= 4 is 53.1 Å². The average molecular weight is 940 g/mol. The number of carboxylic acids is 1. The summed E-state index contributed by atoms with van der Waals surface area (Å²) in [6, 6.07) is 22.2. The van der Waals surface area contributed by atoms with Gasteiger partial charge < -0.3 is 5.11 Å². The molecular formula is C38H37N9O14S3. The molecule has 1 N–H and O–H groups in total. The van der Waals surface area contributed by atoms with Gasteiger partial charge in [-0.1, -0.05) is 48.5 Å². The van der Waals surface area contributed by atoms with Crippen LogP contribution in [0.3, 0.4) is 0 Å². The zero-order valence-corrected chi connectivity index (χ0v) is 35.7. The van der Waals surface area contributed by atoms with E-state index >= 15 is 0 Å². The molecule has 0 spiro atoms. The van der Waals surface area contributed by atoms with Crippen molar-refractivity contribution in [1.29, 1.82) is 0 Å². The van der Waals surface area contributed by atoms with Gasteiger partial charge in [-0.05, 0) is 42.5 Å². The Bertz CT molecular complexity index is 2810. The molecule has 0 atom stereocenters. The predicted octanol–water partition coefficient (Wildman–Crippen LogP) is 3.37. The van der Waals surface area contributed by atoms with Crippen molar-refractivity contribution in [2.75, 3.05) is 32.7 Å². The summed E-state index contributed by atoms with van der Waals surface area (Å²) >= 11 is 0. The molecule has 4 bridgehead atoms. The standard InChI is InChI=1S/C38H37N9O14S3/c48-38(49)27-41-19-21-42(62(56,57)35-16-4-1-13-32(35)45(50)51)23-28-9-7-11-30(39-28)25-44(64(60,61)37-18-6-3-15-34(37)47(54)55)26-31-12-8-10-29(40-31)24-43(22-20-41)63(58,59)36-17-5-2-14-33(36)46(52)53/h1-18H,19-27H2,(H,48,49). The Kier molecular flexibility index (Phi) is 14.2. The summed E-state index contributed by atoms with van der Waals surface area (Å²) in [7, 11) is -14.4. The number of nitro groups is 3. The summed E-state index contributed by atoms with van der Waals surface area (Å²) in [6.45, 7) is -4.99. The molecule has 3 heterocycles. The molecule has 26 heteroatoms. The third-order valence-electron chi connectivity index (χ3n) is 9.81.